The van der Waals surface area contributed by atoms with Crippen LogP contribution in [0.4, 0.5) is 13.2 Å². The number of carbonyl (C=O) groups excluding carboxylic acids is 1. The van der Waals surface area contributed by atoms with Crippen LogP contribution in [0.3, 0.4) is 0 Å². The number of alkyl halides is 3. The topological polar surface area (TPSA) is 55.1 Å². The van der Waals surface area contributed by atoms with Crippen molar-refractivity contribution in [2.45, 2.75) is 24.7 Å². The van der Waals surface area contributed by atoms with Crippen LogP contribution < -0.4 is 11.1 Å². The third-order valence-corrected chi connectivity index (χ3v) is 4.00. The summed E-state index contributed by atoms with van der Waals surface area (Å²) in [6, 6.07) is 11.8. The van der Waals surface area contributed by atoms with Crippen molar-refractivity contribution in [2.24, 2.45) is 5.73 Å². The molecule has 0 aliphatic carbocycles. The second-order valence-corrected chi connectivity index (χ2v) is 5.60. The molecular formula is C17H15F3N2O. The molecule has 3 rings (SSSR count). The Labute approximate surface area is 131 Å². The summed E-state index contributed by atoms with van der Waals surface area (Å²) < 4.78 is 37.7. The third-order valence-electron chi connectivity index (χ3n) is 4.00. The van der Waals surface area contributed by atoms with E-state index in [9.17, 15) is 18.0 Å². The fraction of sp³-hybridized carbons (Fsp3) is 0.235. The largest absolute Gasteiger partial charge is 0.416 e. The average molecular weight is 320 g/mol. The molecule has 1 heterocycles. The monoisotopic (exact) mass is 320 g/mol. The highest BCUT2D eigenvalue weighted by atomic mass is 19.4. The number of halogens is 3. The Morgan fingerprint density at radius 3 is 1.91 bits per heavy atom. The summed E-state index contributed by atoms with van der Waals surface area (Å²) in [6.45, 7) is 0. The van der Waals surface area contributed by atoms with E-state index in [-0.39, 0.29) is 11.9 Å². The maximum absolute atomic E-state index is 12.6. The van der Waals surface area contributed by atoms with Gasteiger partial charge in [-0.25, -0.2) is 0 Å². The summed E-state index contributed by atoms with van der Waals surface area (Å²) in [4.78, 5) is 11.4. The van der Waals surface area contributed by atoms with Gasteiger partial charge < -0.3 is 11.1 Å². The van der Waals surface area contributed by atoms with E-state index in [1.165, 1.54) is 12.1 Å². The smallest absolute Gasteiger partial charge is 0.348 e. The molecule has 1 saturated heterocycles. The van der Waals surface area contributed by atoms with Gasteiger partial charge in [-0.15, -0.1) is 0 Å². The van der Waals surface area contributed by atoms with Crippen LogP contribution in [-0.4, -0.2) is 11.9 Å². The zero-order valence-corrected chi connectivity index (χ0v) is 12.1. The van der Waals surface area contributed by atoms with Gasteiger partial charge in [-0.1, -0.05) is 36.4 Å². The lowest BCUT2D eigenvalue weighted by Crippen LogP contribution is -2.30. The van der Waals surface area contributed by atoms with Gasteiger partial charge in [0.05, 0.1) is 17.6 Å². The van der Waals surface area contributed by atoms with Crippen molar-refractivity contribution in [2.75, 3.05) is 0 Å². The molecule has 2 aromatic carbocycles. The van der Waals surface area contributed by atoms with Gasteiger partial charge in [0.25, 0.3) is 0 Å². The van der Waals surface area contributed by atoms with Crippen LogP contribution in [0.1, 0.15) is 23.6 Å². The Bertz CT molecular complexity index is 708. The lowest BCUT2D eigenvalue weighted by molar-refractivity contribution is -0.137. The van der Waals surface area contributed by atoms with Gasteiger partial charge in [0.15, 0.2) is 0 Å². The van der Waals surface area contributed by atoms with Crippen molar-refractivity contribution < 1.29 is 18.0 Å². The van der Waals surface area contributed by atoms with Crippen LogP contribution in [0, 0.1) is 0 Å². The highest BCUT2D eigenvalue weighted by molar-refractivity contribution is 5.84. The number of hydrogen-bond acceptors (Lipinski definition) is 2. The quantitative estimate of drug-likeness (QED) is 0.892. The molecule has 6 heteroatoms. The predicted molar refractivity (Wildman–Crippen MR) is 80.4 cm³/mol. The Morgan fingerprint density at radius 1 is 0.957 bits per heavy atom. The van der Waals surface area contributed by atoms with Crippen molar-refractivity contribution in [1.29, 1.82) is 0 Å². The number of amides is 1. The van der Waals surface area contributed by atoms with Crippen molar-refractivity contribution in [3.63, 3.8) is 0 Å². The minimum Gasteiger partial charge on any atom is -0.348 e. The molecule has 23 heavy (non-hydrogen) atoms. The maximum atomic E-state index is 12.6. The van der Waals surface area contributed by atoms with E-state index in [4.69, 9.17) is 5.73 Å². The Morgan fingerprint density at radius 2 is 1.48 bits per heavy atom. The van der Waals surface area contributed by atoms with Crippen molar-refractivity contribution in [3.8, 4) is 11.1 Å². The number of nitrogens with one attached hydrogen (secondary N) is 1. The molecule has 1 aliphatic heterocycles. The van der Waals surface area contributed by atoms with Gasteiger partial charge in [0.1, 0.15) is 0 Å². The zero-order chi connectivity index (χ0) is 16.6. The normalized spacial score (nSPS) is 21.3. The molecule has 0 saturated carbocycles. The van der Waals surface area contributed by atoms with Gasteiger partial charge >= 0.3 is 6.18 Å². The number of carbonyl (C=O) groups is 1. The fourth-order valence-corrected chi connectivity index (χ4v) is 2.68. The lowest BCUT2D eigenvalue weighted by Gasteiger charge is -2.12. The van der Waals surface area contributed by atoms with Crippen LogP contribution in [0.5, 0.6) is 0 Å². The van der Waals surface area contributed by atoms with E-state index in [2.05, 4.69) is 5.32 Å². The molecule has 1 aliphatic rings. The second-order valence-electron chi connectivity index (χ2n) is 5.60. The summed E-state index contributed by atoms with van der Waals surface area (Å²) in [7, 11) is 0. The molecule has 1 fully saturated rings. The fourth-order valence-electron chi connectivity index (χ4n) is 2.68. The van der Waals surface area contributed by atoms with Crippen LogP contribution in [0.15, 0.2) is 48.5 Å². The van der Waals surface area contributed by atoms with E-state index in [0.717, 1.165) is 23.3 Å². The number of hydrogen-bond donors (Lipinski definition) is 2. The summed E-state index contributed by atoms with van der Waals surface area (Å²) in [5, 5.41) is 2.81. The molecule has 0 radical (unpaired) electrons. The van der Waals surface area contributed by atoms with Crippen LogP contribution in [-0.2, 0) is 11.0 Å². The summed E-state index contributed by atoms with van der Waals surface area (Å²) in [6.07, 6.45) is -3.79. The first kappa shape index (κ1) is 15.6. The number of nitrogens with two attached hydrogens (primary N) is 1. The zero-order valence-electron chi connectivity index (χ0n) is 12.1. The van der Waals surface area contributed by atoms with E-state index in [1.54, 1.807) is 0 Å². The molecule has 3 N–H and O–H groups in total. The molecule has 0 spiro atoms. The summed E-state index contributed by atoms with van der Waals surface area (Å²) >= 11 is 0. The number of rotatable bonds is 2. The van der Waals surface area contributed by atoms with E-state index < -0.39 is 17.8 Å². The highest BCUT2D eigenvalue weighted by Crippen LogP contribution is 2.31. The van der Waals surface area contributed by atoms with Gasteiger partial charge in [-0.3, -0.25) is 4.79 Å². The minimum absolute atomic E-state index is 0.112. The number of benzene rings is 2. The maximum Gasteiger partial charge on any atom is 0.416 e. The molecule has 2 unspecified atom stereocenters. The molecule has 0 aromatic heterocycles. The molecule has 0 bridgehead atoms. The first-order valence-corrected chi connectivity index (χ1v) is 7.18. The van der Waals surface area contributed by atoms with Gasteiger partial charge in [-0.2, -0.15) is 13.2 Å². The molecule has 2 aromatic rings. The molecular weight excluding hydrogens is 305 g/mol. The SMILES string of the molecule is NC1CC(c2ccc(-c3ccc(C(F)(F)F)cc3)cc2)NC1=O. The Kier molecular flexibility index (Phi) is 3.85. The lowest BCUT2D eigenvalue weighted by atomic mass is 9.99. The Balaban J connectivity index is 1.78. The third kappa shape index (κ3) is 3.22. The van der Waals surface area contributed by atoms with Crippen molar-refractivity contribution in [1.82, 2.24) is 5.32 Å². The van der Waals surface area contributed by atoms with Crippen LogP contribution >= 0.6 is 0 Å². The van der Waals surface area contributed by atoms with E-state index in [1.807, 2.05) is 24.3 Å². The van der Waals surface area contributed by atoms with E-state index in [0.29, 0.717) is 12.0 Å². The molecule has 120 valence electrons. The predicted octanol–water partition coefficient (Wildman–Crippen LogP) is 3.26. The van der Waals surface area contributed by atoms with Crippen molar-refractivity contribution >= 4 is 5.91 Å². The molecule has 1 amide bonds. The molecule has 2 atom stereocenters. The molecule has 3 nitrogen and oxygen atoms in total. The standard InChI is InChI=1S/C17H15F3N2O/c18-17(19,20)13-7-5-11(6-8-13)10-1-3-12(4-2-10)15-9-14(21)16(23)22-15/h1-8,14-15H,9,21H2,(H,22,23). The van der Waals surface area contributed by atoms with Gasteiger partial charge in [-0.05, 0) is 35.2 Å². The first-order valence-electron chi connectivity index (χ1n) is 7.18. The second kappa shape index (κ2) is 5.70. The summed E-state index contributed by atoms with van der Waals surface area (Å²) in [5.41, 5.74) is 7.46. The summed E-state index contributed by atoms with van der Waals surface area (Å²) in [5.74, 6) is -0.165. The van der Waals surface area contributed by atoms with Crippen LogP contribution in [0.2, 0.25) is 0 Å². The van der Waals surface area contributed by atoms with Crippen molar-refractivity contribution in [3.05, 3.63) is 59.7 Å². The average Bonchev–Trinajstić information content (AvgIpc) is 2.86. The highest BCUT2D eigenvalue weighted by Gasteiger charge is 2.30. The van der Waals surface area contributed by atoms with Crippen LogP contribution in [0.25, 0.3) is 11.1 Å². The minimum atomic E-state index is -4.33. The van der Waals surface area contributed by atoms with E-state index >= 15 is 0 Å². The van der Waals surface area contributed by atoms with Gasteiger partial charge in [0, 0.05) is 0 Å². The first-order chi connectivity index (χ1) is 10.8. The van der Waals surface area contributed by atoms with Gasteiger partial charge in [0.2, 0.25) is 5.91 Å². The Hall–Kier alpha value is -2.34.